The van der Waals surface area contributed by atoms with E-state index >= 15 is 0 Å². The number of hydrogen-bond acceptors (Lipinski definition) is 3. The molecule has 0 aliphatic carbocycles. The quantitative estimate of drug-likeness (QED) is 0.424. The highest BCUT2D eigenvalue weighted by molar-refractivity contribution is 5.49. The number of allylic oxidation sites excluding steroid dienone is 1. The number of anilines is 1. The van der Waals surface area contributed by atoms with Gasteiger partial charge in [-0.15, -0.1) is 0 Å². The summed E-state index contributed by atoms with van der Waals surface area (Å²) in [5.74, 6) is 0.662. The van der Waals surface area contributed by atoms with Crippen LogP contribution in [0.5, 0.6) is 0 Å². The summed E-state index contributed by atoms with van der Waals surface area (Å²) in [5.41, 5.74) is 12.0. The van der Waals surface area contributed by atoms with Crippen LogP contribution in [0.4, 0.5) is 5.69 Å². The molecule has 3 heteroatoms. The Morgan fingerprint density at radius 1 is 1.03 bits per heavy atom. The summed E-state index contributed by atoms with van der Waals surface area (Å²) < 4.78 is 0. The number of hydrogen-bond donors (Lipinski definition) is 1. The minimum atomic E-state index is 0.277. The highest BCUT2D eigenvalue weighted by Crippen LogP contribution is 2.25. The first-order valence-electron chi connectivity index (χ1n) is 12.9. The monoisotopic (exact) mass is 447 g/mol. The van der Waals surface area contributed by atoms with Crippen molar-refractivity contribution in [2.24, 2.45) is 11.7 Å². The molecule has 1 aliphatic heterocycles. The molecule has 2 atom stereocenters. The van der Waals surface area contributed by atoms with Crippen LogP contribution in [0.3, 0.4) is 0 Å². The van der Waals surface area contributed by atoms with E-state index in [1.165, 1.54) is 41.8 Å². The minimum Gasteiger partial charge on any atom is -0.364 e. The summed E-state index contributed by atoms with van der Waals surface area (Å²) in [5, 5.41) is 0. The molecule has 3 nitrogen and oxygen atoms in total. The number of aryl methyl sites for hydroxylation is 2. The Bertz CT molecular complexity index is 837. The topological polar surface area (TPSA) is 32.5 Å². The Morgan fingerprint density at radius 3 is 2.33 bits per heavy atom. The first-order valence-corrected chi connectivity index (χ1v) is 12.9. The molecule has 1 unspecified atom stereocenters. The zero-order valence-corrected chi connectivity index (χ0v) is 21.3. The molecule has 180 valence electrons. The molecule has 0 saturated carbocycles. The molecule has 1 aliphatic rings. The van der Waals surface area contributed by atoms with Crippen LogP contribution in [0.2, 0.25) is 0 Å². The third kappa shape index (κ3) is 8.64. The Balaban J connectivity index is 1.66. The fourth-order valence-corrected chi connectivity index (χ4v) is 5.00. The fourth-order valence-electron chi connectivity index (χ4n) is 5.00. The zero-order chi connectivity index (χ0) is 23.6. The van der Waals surface area contributed by atoms with Crippen molar-refractivity contribution < 1.29 is 0 Å². The lowest BCUT2D eigenvalue weighted by molar-refractivity contribution is 0.188. The van der Waals surface area contributed by atoms with Gasteiger partial charge in [-0.25, -0.2) is 0 Å². The molecule has 0 radical (unpaired) electrons. The van der Waals surface area contributed by atoms with Gasteiger partial charge < -0.3 is 10.6 Å². The normalized spacial score (nSPS) is 17.7. The number of likely N-dealkylation sites (tertiary alicyclic amines) is 1. The average molecular weight is 448 g/mol. The molecule has 2 N–H and O–H groups in total. The van der Waals surface area contributed by atoms with E-state index in [-0.39, 0.29) is 6.04 Å². The van der Waals surface area contributed by atoms with Gasteiger partial charge in [-0.2, -0.15) is 0 Å². The molecular weight excluding hydrogens is 402 g/mol. The predicted molar refractivity (Wildman–Crippen MR) is 144 cm³/mol. The maximum atomic E-state index is 6.46. The zero-order valence-electron chi connectivity index (χ0n) is 21.3. The molecule has 1 heterocycles. The molecule has 0 aromatic heterocycles. The first-order chi connectivity index (χ1) is 15.9. The Kier molecular flexibility index (Phi) is 10.0. The summed E-state index contributed by atoms with van der Waals surface area (Å²) in [4.78, 5) is 5.22. The van der Waals surface area contributed by atoms with Gasteiger partial charge in [0.15, 0.2) is 0 Å². The molecular formula is C30H45N3. The van der Waals surface area contributed by atoms with E-state index in [0.717, 1.165) is 38.9 Å². The average Bonchev–Trinajstić information content (AvgIpc) is 2.79. The second kappa shape index (κ2) is 13.0. The SMILES string of the molecule is CC(C)=CCN(c1ccc(CCc2ccccc2)cc1)[C@H]1CCCN(CC(N)CC(C)C)C1. The standard InChI is InChI=1S/C30H45N3/c1-24(2)18-20-33(30-11-8-19-32(23-30)22-28(31)21-25(3)4)29-16-14-27(15-17-29)13-12-26-9-6-5-7-10-26/h5-7,9-10,14-18,25,28,30H,8,11-13,19-23,31H2,1-4H3/t28?,30-/m0/s1. The van der Waals surface area contributed by atoms with Gasteiger partial charge in [0.25, 0.3) is 0 Å². The van der Waals surface area contributed by atoms with E-state index in [2.05, 4.69) is 98.2 Å². The molecule has 1 fully saturated rings. The van der Waals surface area contributed by atoms with Gasteiger partial charge in [0.05, 0.1) is 0 Å². The van der Waals surface area contributed by atoms with Crippen molar-refractivity contribution in [3.05, 3.63) is 77.4 Å². The maximum Gasteiger partial charge on any atom is 0.0421 e. The number of piperidine rings is 1. The van der Waals surface area contributed by atoms with Crippen LogP contribution in [0.15, 0.2) is 66.2 Å². The van der Waals surface area contributed by atoms with Crippen LogP contribution in [0.1, 0.15) is 58.1 Å². The van der Waals surface area contributed by atoms with Crippen molar-refractivity contribution in [2.45, 2.75) is 71.9 Å². The predicted octanol–water partition coefficient (Wildman–Crippen LogP) is 6.08. The summed E-state index contributed by atoms with van der Waals surface area (Å²) >= 11 is 0. The van der Waals surface area contributed by atoms with Gasteiger partial charge in [0.2, 0.25) is 0 Å². The number of rotatable bonds is 11. The van der Waals surface area contributed by atoms with E-state index in [0.29, 0.717) is 12.0 Å². The Hall–Kier alpha value is -2.10. The lowest BCUT2D eigenvalue weighted by Crippen LogP contribution is -2.51. The molecule has 3 rings (SSSR count). The van der Waals surface area contributed by atoms with Crippen LogP contribution in [-0.2, 0) is 12.8 Å². The number of nitrogens with two attached hydrogens (primary N) is 1. The molecule has 2 aromatic rings. The third-order valence-corrected chi connectivity index (χ3v) is 6.70. The van der Waals surface area contributed by atoms with Crippen LogP contribution < -0.4 is 10.6 Å². The Morgan fingerprint density at radius 2 is 1.70 bits per heavy atom. The summed E-state index contributed by atoms with van der Waals surface area (Å²) in [6, 6.07) is 20.9. The van der Waals surface area contributed by atoms with E-state index < -0.39 is 0 Å². The molecule has 33 heavy (non-hydrogen) atoms. The summed E-state index contributed by atoms with van der Waals surface area (Å²) in [7, 11) is 0. The van der Waals surface area contributed by atoms with Gasteiger partial charge in [0.1, 0.15) is 0 Å². The molecule has 0 spiro atoms. The van der Waals surface area contributed by atoms with E-state index in [4.69, 9.17) is 5.73 Å². The smallest absolute Gasteiger partial charge is 0.0421 e. The third-order valence-electron chi connectivity index (χ3n) is 6.70. The van der Waals surface area contributed by atoms with Crippen LogP contribution >= 0.6 is 0 Å². The second-order valence-corrected chi connectivity index (χ2v) is 10.5. The van der Waals surface area contributed by atoms with Gasteiger partial charge >= 0.3 is 0 Å². The van der Waals surface area contributed by atoms with Crippen molar-refractivity contribution in [1.82, 2.24) is 4.90 Å². The first kappa shape index (κ1) is 25.5. The molecule has 1 saturated heterocycles. The van der Waals surface area contributed by atoms with Crippen LogP contribution in [0, 0.1) is 5.92 Å². The van der Waals surface area contributed by atoms with Crippen LogP contribution in [-0.4, -0.2) is 43.2 Å². The van der Waals surface area contributed by atoms with Gasteiger partial charge in [-0.1, -0.05) is 68.0 Å². The Labute approximate surface area is 202 Å². The van der Waals surface area contributed by atoms with Crippen LogP contribution in [0.25, 0.3) is 0 Å². The second-order valence-electron chi connectivity index (χ2n) is 10.5. The van der Waals surface area contributed by atoms with Gasteiger partial charge in [-0.05, 0) is 81.7 Å². The van der Waals surface area contributed by atoms with Crippen molar-refractivity contribution in [3.63, 3.8) is 0 Å². The minimum absolute atomic E-state index is 0.277. The van der Waals surface area contributed by atoms with Crippen molar-refractivity contribution >= 4 is 5.69 Å². The van der Waals surface area contributed by atoms with Crippen molar-refractivity contribution in [1.29, 1.82) is 0 Å². The molecule has 0 bridgehead atoms. The van der Waals surface area contributed by atoms with E-state index in [9.17, 15) is 0 Å². The number of nitrogens with zero attached hydrogens (tertiary/aromatic N) is 2. The largest absolute Gasteiger partial charge is 0.364 e. The lowest BCUT2D eigenvalue weighted by atomic mass is 9.99. The van der Waals surface area contributed by atoms with E-state index in [1.54, 1.807) is 0 Å². The summed E-state index contributed by atoms with van der Waals surface area (Å²) in [6.07, 6.45) is 8.15. The highest BCUT2D eigenvalue weighted by Gasteiger charge is 2.26. The van der Waals surface area contributed by atoms with Crippen molar-refractivity contribution in [3.8, 4) is 0 Å². The fraction of sp³-hybridized carbons (Fsp3) is 0.533. The van der Waals surface area contributed by atoms with E-state index in [1.807, 2.05) is 0 Å². The number of benzene rings is 2. The molecule has 2 aromatic carbocycles. The van der Waals surface area contributed by atoms with Crippen molar-refractivity contribution in [2.75, 3.05) is 31.1 Å². The highest BCUT2D eigenvalue weighted by atomic mass is 15.2. The lowest BCUT2D eigenvalue weighted by Gasteiger charge is -2.41. The summed E-state index contributed by atoms with van der Waals surface area (Å²) in [6.45, 7) is 13.2. The van der Waals surface area contributed by atoms with Gasteiger partial charge in [-0.3, -0.25) is 4.90 Å². The molecule has 0 amide bonds. The van der Waals surface area contributed by atoms with Gasteiger partial charge in [0, 0.05) is 37.4 Å². The maximum absolute atomic E-state index is 6.46.